The molecule has 3 nitrogen and oxygen atoms in total. The summed E-state index contributed by atoms with van der Waals surface area (Å²) in [5, 5.41) is 0.867. The number of carbonyl (C=O) groups is 1. The van der Waals surface area contributed by atoms with Crippen molar-refractivity contribution >= 4 is 18.0 Å². The van der Waals surface area contributed by atoms with E-state index in [1.54, 1.807) is 18.0 Å². The predicted molar refractivity (Wildman–Crippen MR) is 64.6 cm³/mol. The fourth-order valence-electron chi connectivity index (χ4n) is 1.38. The van der Waals surface area contributed by atoms with Crippen LogP contribution in [0.25, 0.3) is 0 Å². The van der Waals surface area contributed by atoms with Gasteiger partial charge in [-0.3, -0.25) is 4.79 Å². The largest absolute Gasteiger partial charge is 0.328 e. The Morgan fingerprint density at radius 3 is 2.75 bits per heavy atom. The smallest absolute Gasteiger partial charge is 0.170 e. The van der Waals surface area contributed by atoms with Gasteiger partial charge >= 0.3 is 0 Å². The van der Waals surface area contributed by atoms with E-state index in [-0.39, 0.29) is 0 Å². The van der Waals surface area contributed by atoms with E-state index in [9.17, 15) is 4.79 Å². The Balaban J connectivity index is 2.04. The first-order chi connectivity index (χ1) is 7.79. The van der Waals surface area contributed by atoms with Gasteiger partial charge in [-0.1, -0.05) is 42.1 Å². The Morgan fingerprint density at radius 2 is 2.12 bits per heavy atom. The molecule has 0 atom stereocenters. The molecule has 0 aliphatic rings. The second-order valence-corrected chi connectivity index (χ2v) is 4.39. The molecular formula is C12H12N2OS. The average Bonchev–Trinajstić information content (AvgIpc) is 2.69. The third kappa shape index (κ3) is 2.52. The molecule has 4 heteroatoms. The predicted octanol–water partition coefficient (Wildman–Crippen LogP) is 2.52. The quantitative estimate of drug-likeness (QED) is 0.600. The van der Waals surface area contributed by atoms with Crippen molar-refractivity contribution < 1.29 is 4.79 Å². The van der Waals surface area contributed by atoms with Gasteiger partial charge in [-0.15, -0.1) is 0 Å². The van der Waals surface area contributed by atoms with Gasteiger partial charge in [-0.2, -0.15) is 0 Å². The molecule has 0 saturated carbocycles. The Morgan fingerprint density at radius 1 is 1.38 bits per heavy atom. The van der Waals surface area contributed by atoms with Crippen LogP contribution in [0.15, 0.2) is 41.7 Å². The summed E-state index contributed by atoms with van der Waals surface area (Å²) in [6.45, 7) is 0. The first kappa shape index (κ1) is 11.0. The van der Waals surface area contributed by atoms with Gasteiger partial charge in [0.15, 0.2) is 11.4 Å². The lowest BCUT2D eigenvalue weighted by atomic mass is 10.2. The summed E-state index contributed by atoms with van der Waals surface area (Å²) in [4.78, 5) is 14.8. The summed E-state index contributed by atoms with van der Waals surface area (Å²) in [6, 6.07) is 10.2. The molecule has 1 aromatic carbocycles. The standard InChI is InChI=1S/C12H12N2OS/c1-14-7-11(8-15)13-12(14)16-9-10-5-3-2-4-6-10/h2-8H,9H2,1H3. The number of aryl methyl sites for hydroxylation is 1. The molecule has 0 bridgehead atoms. The van der Waals surface area contributed by atoms with Crippen LogP contribution in [-0.4, -0.2) is 15.8 Å². The van der Waals surface area contributed by atoms with Crippen LogP contribution in [-0.2, 0) is 12.8 Å². The molecule has 0 spiro atoms. The average molecular weight is 232 g/mol. The molecule has 0 saturated heterocycles. The lowest BCUT2D eigenvalue weighted by Crippen LogP contribution is -1.89. The van der Waals surface area contributed by atoms with Crippen molar-refractivity contribution in [2.24, 2.45) is 7.05 Å². The molecular weight excluding hydrogens is 220 g/mol. The van der Waals surface area contributed by atoms with Crippen molar-refractivity contribution in [2.45, 2.75) is 10.9 Å². The molecule has 0 aliphatic carbocycles. The Bertz CT molecular complexity index is 479. The van der Waals surface area contributed by atoms with Crippen LogP contribution in [0.5, 0.6) is 0 Å². The molecule has 0 N–H and O–H groups in total. The Labute approximate surface area is 98.5 Å². The highest BCUT2D eigenvalue weighted by molar-refractivity contribution is 7.98. The van der Waals surface area contributed by atoms with E-state index in [1.807, 2.05) is 29.8 Å². The van der Waals surface area contributed by atoms with Gasteiger partial charge in [0.25, 0.3) is 0 Å². The van der Waals surface area contributed by atoms with Crippen molar-refractivity contribution in [3.8, 4) is 0 Å². The maximum atomic E-state index is 10.6. The minimum Gasteiger partial charge on any atom is -0.328 e. The third-order valence-electron chi connectivity index (χ3n) is 2.18. The minimum atomic E-state index is 0.484. The highest BCUT2D eigenvalue weighted by Crippen LogP contribution is 2.20. The van der Waals surface area contributed by atoms with E-state index >= 15 is 0 Å². The molecule has 1 aromatic heterocycles. The number of rotatable bonds is 4. The number of hydrogen-bond acceptors (Lipinski definition) is 3. The SMILES string of the molecule is Cn1cc(C=O)nc1SCc1ccccc1. The Hall–Kier alpha value is -1.55. The van der Waals surface area contributed by atoms with Gasteiger partial charge in [-0.05, 0) is 5.56 Å². The monoisotopic (exact) mass is 232 g/mol. The first-order valence-corrected chi connectivity index (χ1v) is 5.93. The molecule has 0 aliphatic heterocycles. The van der Waals surface area contributed by atoms with E-state index in [2.05, 4.69) is 17.1 Å². The van der Waals surface area contributed by atoms with Gasteiger partial charge in [0.05, 0.1) is 0 Å². The van der Waals surface area contributed by atoms with Crippen molar-refractivity contribution in [1.29, 1.82) is 0 Å². The van der Waals surface area contributed by atoms with Crippen molar-refractivity contribution in [2.75, 3.05) is 0 Å². The van der Waals surface area contributed by atoms with Crippen LogP contribution in [0.1, 0.15) is 16.1 Å². The van der Waals surface area contributed by atoms with Gasteiger partial charge in [0.1, 0.15) is 5.69 Å². The van der Waals surface area contributed by atoms with Crippen molar-refractivity contribution in [3.63, 3.8) is 0 Å². The molecule has 1 heterocycles. The zero-order chi connectivity index (χ0) is 11.4. The highest BCUT2D eigenvalue weighted by Gasteiger charge is 2.04. The lowest BCUT2D eigenvalue weighted by Gasteiger charge is -2.01. The van der Waals surface area contributed by atoms with E-state index in [0.717, 1.165) is 17.2 Å². The number of thioether (sulfide) groups is 1. The number of hydrogen-bond donors (Lipinski definition) is 0. The maximum Gasteiger partial charge on any atom is 0.170 e. The van der Waals surface area contributed by atoms with E-state index in [1.165, 1.54) is 5.56 Å². The lowest BCUT2D eigenvalue weighted by molar-refractivity contribution is 0.111. The molecule has 16 heavy (non-hydrogen) atoms. The molecule has 2 aromatic rings. The number of benzene rings is 1. The zero-order valence-corrected chi connectivity index (χ0v) is 9.78. The topological polar surface area (TPSA) is 34.9 Å². The fraction of sp³-hybridized carbons (Fsp3) is 0.167. The van der Waals surface area contributed by atoms with Gasteiger partial charge < -0.3 is 4.57 Å². The summed E-state index contributed by atoms with van der Waals surface area (Å²) >= 11 is 1.63. The molecule has 0 amide bonds. The summed E-state index contributed by atoms with van der Waals surface area (Å²) in [5.41, 5.74) is 1.74. The fourth-order valence-corrected chi connectivity index (χ4v) is 2.30. The normalized spacial score (nSPS) is 10.3. The van der Waals surface area contributed by atoms with E-state index in [4.69, 9.17) is 0 Å². The third-order valence-corrected chi connectivity index (χ3v) is 3.30. The zero-order valence-electron chi connectivity index (χ0n) is 8.96. The van der Waals surface area contributed by atoms with Gasteiger partial charge in [-0.25, -0.2) is 4.98 Å². The van der Waals surface area contributed by atoms with Crippen LogP contribution >= 0.6 is 11.8 Å². The van der Waals surface area contributed by atoms with Crippen LogP contribution in [0.4, 0.5) is 0 Å². The van der Waals surface area contributed by atoms with Crippen LogP contribution in [0, 0.1) is 0 Å². The van der Waals surface area contributed by atoms with Gasteiger partial charge in [0.2, 0.25) is 0 Å². The van der Waals surface area contributed by atoms with E-state index in [0.29, 0.717) is 5.69 Å². The number of aromatic nitrogens is 2. The number of nitrogens with zero attached hydrogens (tertiary/aromatic N) is 2. The molecule has 82 valence electrons. The minimum absolute atomic E-state index is 0.484. The molecule has 0 radical (unpaired) electrons. The highest BCUT2D eigenvalue weighted by atomic mass is 32.2. The van der Waals surface area contributed by atoms with E-state index < -0.39 is 0 Å². The van der Waals surface area contributed by atoms with Crippen LogP contribution in [0.2, 0.25) is 0 Å². The molecule has 0 fully saturated rings. The summed E-state index contributed by atoms with van der Waals surface area (Å²) in [7, 11) is 1.90. The maximum absolute atomic E-state index is 10.6. The summed E-state index contributed by atoms with van der Waals surface area (Å²) in [6.07, 6.45) is 2.51. The number of carbonyl (C=O) groups excluding carboxylic acids is 1. The number of imidazole rings is 1. The summed E-state index contributed by atoms with van der Waals surface area (Å²) < 4.78 is 1.87. The molecule has 0 unspecified atom stereocenters. The van der Waals surface area contributed by atoms with Crippen LogP contribution < -0.4 is 0 Å². The summed E-state index contributed by atoms with van der Waals surface area (Å²) in [5.74, 6) is 0.865. The van der Waals surface area contributed by atoms with Crippen molar-refractivity contribution in [3.05, 3.63) is 47.8 Å². The Kier molecular flexibility index (Phi) is 3.41. The van der Waals surface area contributed by atoms with Gasteiger partial charge in [0, 0.05) is 19.0 Å². The van der Waals surface area contributed by atoms with Crippen LogP contribution in [0.3, 0.4) is 0 Å². The number of aldehydes is 1. The second kappa shape index (κ2) is 4.99. The molecule has 2 rings (SSSR count). The second-order valence-electron chi connectivity index (χ2n) is 3.45. The first-order valence-electron chi connectivity index (χ1n) is 4.95. The van der Waals surface area contributed by atoms with Crippen molar-refractivity contribution in [1.82, 2.24) is 9.55 Å².